The van der Waals surface area contributed by atoms with Crippen LogP contribution in [0, 0.1) is 0 Å². The van der Waals surface area contributed by atoms with Crippen molar-refractivity contribution in [3.8, 4) is 0 Å². The normalized spacial score (nSPS) is 10.0. The van der Waals surface area contributed by atoms with Crippen molar-refractivity contribution in [3.05, 3.63) is 23.7 Å². The summed E-state index contributed by atoms with van der Waals surface area (Å²) >= 11 is 0. The molecule has 0 saturated heterocycles. The predicted molar refractivity (Wildman–Crippen MR) is 54.1 cm³/mol. The smallest absolute Gasteiger partial charge is 0.155 e. The molecule has 2 N–H and O–H groups in total. The number of aliphatic hydroxyl groups excluding tert-OH is 2. The van der Waals surface area contributed by atoms with E-state index in [-0.39, 0.29) is 66.4 Å². The van der Waals surface area contributed by atoms with Crippen LogP contribution in [-0.4, -0.2) is 21.8 Å². The number of hydrogen-bond acceptors (Lipinski definition) is 4. The van der Waals surface area contributed by atoms with Gasteiger partial charge in [-0.05, 0) is 27.7 Å². The van der Waals surface area contributed by atoms with Gasteiger partial charge in [0.1, 0.15) is 0 Å². The number of carbonyl (C=O) groups is 2. The van der Waals surface area contributed by atoms with Crippen LogP contribution in [0.1, 0.15) is 27.7 Å². The molecule has 0 spiro atoms. The van der Waals surface area contributed by atoms with E-state index in [0.717, 1.165) is 0 Å². The van der Waals surface area contributed by atoms with Gasteiger partial charge in [0, 0.05) is 55.4 Å². The number of ketones is 2. The van der Waals surface area contributed by atoms with Gasteiger partial charge in [0.15, 0.2) is 11.6 Å². The minimum Gasteiger partial charge on any atom is -0.512 e. The second kappa shape index (κ2) is 14.8. The van der Waals surface area contributed by atoms with Crippen LogP contribution < -0.4 is 0 Å². The standard InChI is InChI=1S/2C5H8O2.Fe.Zr/c2*1-4(6)3-5(2)7;;/h2*3,6H,1-2H3;;/b2*4-3-;;. The van der Waals surface area contributed by atoms with Gasteiger partial charge in [0.05, 0.1) is 11.5 Å². The Balaban J connectivity index is -0.0000000800. The van der Waals surface area contributed by atoms with Crippen LogP contribution in [0.4, 0.5) is 0 Å². The third kappa shape index (κ3) is 37.1. The number of rotatable bonds is 2. The molecule has 0 unspecified atom stereocenters. The summed E-state index contributed by atoms with van der Waals surface area (Å²) in [5, 5.41) is 16.7. The Labute approximate surface area is 125 Å². The number of hydrogen-bond donors (Lipinski definition) is 2. The molecular weight excluding hydrogens is 331 g/mol. The van der Waals surface area contributed by atoms with Gasteiger partial charge in [-0.1, -0.05) is 0 Å². The van der Waals surface area contributed by atoms with E-state index >= 15 is 0 Å². The Morgan fingerprint density at radius 1 is 0.812 bits per heavy atom. The molecule has 0 amide bonds. The second-order valence-corrected chi connectivity index (χ2v) is 2.79. The summed E-state index contributed by atoms with van der Waals surface area (Å²) in [5.74, 6) is -0.125. The fraction of sp³-hybridized carbons (Fsp3) is 0.400. The molecule has 0 aliphatic heterocycles. The van der Waals surface area contributed by atoms with Gasteiger partial charge < -0.3 is 10.2 Å². The summed E-state index contributed by atoms with van der Waals surface area (Å²) in [6.45, 7) is 5.70. The largest absolute Gasteiger partial charge is 0.512 e. The van der Waals surface area contributed by atoms with Gasteiger partial charge in [-0.2, -0.15) is 0 Å². The Bertz CT molecular complexity index is 236. The third-order valence-corrected chi connectivity index (χ3v) is 0.824. The molecule has 0 atom stereocenters. The van der Waals surface area contributed by atoms with Crippen molar-refractivity contribution in [2.45, 2.75) is 27.7 Å². The summed E-state index contributed by atoms with van der Waals surface area (Å²) in [6.07, 6.45) is 2.33. The molecule has 92 valence electrons. The molecule has 0 heterocycles. The van der Waals surface area contributed by atoms with Crippen LogP contribution in [0.5, 0.6) is 0 Å². The summed E-state index contributed by atoms with van der Waals surface area (Å²) < 4.78 is 0. The average molecular weight is 347 g/mol. The molecule has 0 aromatic heterocycles. The fourth-order valence-corrected chi connectivity index (χ4v) is 0.588. The molecule has 6 heteroatoms. The Hall–Kier alpha value is -0.177. The van der Waals surface area contributed by atoms with E-state index in [9.17, 15) is 9.59 Å². The molecule has 0 saturated carbocycles. The maximum atomic E-state index is 10.0. The first-order valence-electron chi connectivity index (χ1n) is 4.01. The topological polar surface area (TPSA) is 74.6 Å². The van der Waals surface area contributed by atoms with Gasteiger partial charge >= 0.3 is 0 Å². The Morgan fingerprint density at radius 3 is 1.00 bits per heavy atom. The van der Waals surface area contributed by atoms with Crippen LogP contribution in [0.3, 0.4) is 0 Å². The zero-order chi connectivity index (χ0) is 11.7. The molecule has 0 aromatic rings. The van der Waals surface area contributed by atoms with E-state index in [4.69, 9.17) is 10.2 Å². The van der Waals surface area contributed by atoms with Gasteiger partial charge in [0.25, 0.3) is 0 Å². The van der Waals surface area contributed by atoms with Crippen molar-refractivity contribution in [2.75, 3.05) is 0 Å². The van der Waals surface area contributed by atoms with Crippen molar-refractivity contribution in [3.63, 3.8) is 0 Å². The molecule has 0 bridgehead atoms. The van der Waals surface area contributed by atoms with Gasteiger partial charge in [0.2, 0.25) is 0 Å². The number of aliphatic hydroxyl groups is 2. The van der Waals surface area contributed by atoms with Crippen molar-refractivity contribution >= 4 is 11.6 Å². The number of allylic oxidation sites excluding steroid dienone is 4. The fourth-order valence-electron chi connectivity index (χ4n) is 0.588. The van der Waals surface area contributed by atoms with Crippen LogP contribution in [0.2, 0.25) is 0 Å². The van der Waals surface area contributed by atoms with Gasteiger partial charge in [-0.25, -0.2) is 0 Å². The van der Waals surface area contributed by atoms with E-state index in [1.54, 1.807) is 0 Å². The average Bonchev–Trinajstić information content (AvgIpc) is 1.79. The van der Waals surface area contributed by atoms with E-state index in [1.807, 2.05) is 0 Å². The molecular formula is C10H16FeO4Zr. The second-order valence-electron chi connectivity index (χ2n) is 2.79. The molecule has 0 aliphatic rings. The van der Waals surface area contributed by atoms with Crippen LogP contribution in [-0.2, 0) is 52.9 Å². The minimum absolute atomic E-state index is 0. The van der Waals surface area contributed by atoms with E-state index in [1.165, 1.54) is 39.8 Å². The Morgan fingerprint density at radius 2 is 1.00 bits per heavy atom. The van der Waals surface area contributed by atoms with Gasteiger partial charge in [-0.3, -0.25) is 9.59 Å². The Kier molecular flexibility index (Phi) is 23.0. The van der Waals surface area contributed by atoms with Crippen molar-refractivity contribution in [1.82, 2.24) is 0 Å². The minimum atomic E-state index is -0.125. The van der Waals surface area contributed by atoms with Crippen LogP contribution >= 0.6 is 0 Å². The number of carbonyl (C=O) groups excluding carboxylic acids is 2. The maximum absolute atomic E-state index is 10.0. The SMILES string of the molecule is CC(=O)/C=C(/C)O.CC(=O)/C=C(/C)O.[Fe].[Zr]. The molecule has 16 heavy (non-hydrogen) atoms. The van der Waals surface area contributed by atoms with Gasteiger partial charge in [-0.15, -0.1) is 0 Å². The molecule has 0 radical (unpaired) electrons. The summed E-state index contributed by atoms with van der Waals surface area (Å²) in [5.41, 5.74) is 0. The zero-order valence-electron chi connectivity index (χ0n) is 9.72. The summed E-state index contributed by atoms with van der Waals surface area (Å²) in [7, 11) is 0. The van der Waals surface area contributed by atoms with E-state index in [0.29, 0.717) is 0 Å². The first-order chi connectivity index (χ1) is 6.25. The zero-order valence-corrected chi connectivity index (χ0v) is 13.3. The maximum Gasteiger partial charge on any atom is 0.155 e. The van der Waals surface area contributed by atoms with E-state index < -0.39 is 0 Å². The van der Waals surface area contributed by atoms with Crippen molar-refractivity contribution in [1.29, 1.82) is 0 Å². The monoisotopic (exact) mass is 346 g/mol. The molecule has 0 fully saturated rings. The molecule has 0 aliphatic carbocycles. The predicted octanol–water partition coefficient (Wildman–Crippen LogP) is 2.07. The summed E-state index contributed by atoms with van der Waals surface area (Å²) in [6, 6.07) is 0. The van der Waals surface area contributed by atoms with Crippen LogP contribution in [0.25, 0.3) is 0 Å². The van der Waals surface area contributed by atoms with E-state index in [2.05, 4.69) is 0 Å². The van der Waals surface area contributed by atoms with Crippen molar-refractivity contribution < 1.29 is 63.1 Å². The quantitative estimate of drug-likeness (QED) is 0.456. The molecule has 0 rings (SSSR count). The van der Waals surface area contributed by atoms with Crippen LogP contribution in [0.15, 0.2) is 23.7 Å². The molecule has 0 aromatic carbocycles. The summed E-state index contributed by atoms with van der Waals surface area (Å²) in [4.78, 5) is 20.0. The first-order valence-corrected chi connectivity index (χ1v) is 4.01. The first kappa shape index (κ1) is 24.9. The van der Waals surface area contributed by atoms with Crippen molar-refractivity contribution in [2.24, 2.45) is 0 Å². The molecule has 4 nitrogen and oxygen atoms in total. The third-order valence-electron chi connectivity index (χ3n) is 0.824.